The van der Waals surface area contributed by atoms with Gasteiger partial charge in [0.2, 0.25) is 0 Å². The van der Waals surface area contributed by atoms with Crippen molar-refractivity contribution in [1.82, 2.24) is 4.90 Å². The molecule has 22 heavy (non-hydrogen) atoms. The Hall–Kier alpha value is -0.400. The van der Waals surface area contributed by atoms with Crippen LogP contribution in [0.5, 0.6) is 0 Å². The first kappa shape index (κ1) is 17.9. The first-order chi connectivity index (χ1) is 10.3. The standard InChI is InChI=1S/C12H23NO9/c14-2-4-7(17)8(18)5(15)1-13(4)12(21)11-10(20)9(19)6(16)3-22-11/h4-12,14-21H,1-3H2/t4-,5+,6+,7-,8-,9-,10+,11+,12?/m1/s1. The van der Waals surface area contributed by atoms with Gasteiger partial charge in [-0.2, -0.15) is 0 Å². The first-order valence-corrected chi connectivity index (χ1v) is 7.04. The molecule has 2 heterocycles. The smallest absolute Gasteiger partial charge is 0.137 e. The van der Waals surface area contributed by atoms with Crippen LogP contribution in [0.3, 0.4) is 0 Å². The molecule has 0 saturated carbocycles. The summed E-state index contributed by atoms with van der Waals surface area (Å²) in [5.41, 5.74) is 0. The van der Waals surface area contributed by atoms with Crippen molar-refractivity contribution in [3.63, 3.8) is 0 Å². The maximum absolute atomic E-state index is 10.3. The molecule has 10 nitrogen and oxygen atoms in total. The summed E-state index contributed by atoms with van der Waals surface area (Å²) >= 11 is 0. The summed E-state index contributed by atoms with van der Waals surface area (Å²) in [6.45, 7) is -1.21. The van der Waals surface area contributed by atoms with Crippen molar-refractivity contribution in [2.45, 2.75) is 55.0 Å². The summed E-state index contributed by atoms with van der Waals surface area (Å²) < 4.78 is 5.12. The molecule has 0 aliphatic carbocycles. The molecule has 10 heteroatoms. The van der Waals surface area contributed by atoms with Crippen LogP contribution in [0.1, 0.15) is 0 Å². The van der Waals surface area contributed by atoms with Crippen molar-refractivity contribution >= 4 is 0 Å². The molecule has 0 radical (unpaired) electrons. The highest BCUT2D eigenvalue weighted by Gasteiger charge is 2.49. The quantitative estimate of drug-likeness (QED) is 0.250. The van der Waals surface area contributed by atoms with Gasteiger partial charge in [0.25, 0.3) is 0 Å². The molecule has 8 N–H and O–H groups in total. The molecule has 0 amide bonds. The second-order valence-corrected chi connectivity index (χ2v) is 5.76. The fourth-order valence-corrected chi connectivity index (χ4v) is 2.91. The highest BCUT2D eigenvalue weighted by molar-refractivity contribution is 4.98. The number of likely N-dealkylation sites (tertiary alicyclic amines) is 1. The Labute approximate surface area is 126 Å². The van der Waals surface area contributed by atoms with Gasteiger partial charge in [-0.1, -0.05) is 0 Å². The number of hydrogen-bond donors (Lipinski definition) is 8. The Bertz CT molecular complexity index is 373. The molecule has 2 aliphatic heterocycles. The Kier molecular flexibility index (Phi) is 5.72. The molecular weight excluding hydrogens is 302 g/mol. The van der Waals surface area contributed by atoms with Crippen molar-refractivity contribution < 1.29 is 45.6 Å². The predicted molar refractivity (Wildman–Crippen MR) is 69.4 cm³/mol. The minimum atomic E-state index is -1.60. The normalized spacial score (nSPS) is 49.1. The van der Waals surface area contributed by atoms with Crippen LogP contribution in [0.2, 0.25) is 0 Å². The molecule has 0 aromatic rings. The van der Waals surface area contributed by atoms with E-state index < -0.39 is 61.6 Å². The molecule has 0 aromatic carbocycles. The minimum absolute atomic E-state index is 0.282. The minimum Gasteiger partial charge on any atom is -0.395 e. The van der Waals surface area contributed by atoms with E-state index in [0.717, 1.165) is 4.90 Å². The van der Waals surface area contributed by atoms with Gasteiger partial charge in [0.1, 0.15) is 42.9 Å². The van der Waals surface area contributed by atoms with E-state index in [-0.39, 0.29) is 13.2 Å². The van der Waals surface area contributed by atoms with Crippen LogP contribution in [-0.4, -0.2) is 121 Å². The molecule has 2 rings (SSSR count). The number of rotatable bonds is 3. The zero-order valence-corrected chi connectivity index (χ0v) is 11.8. The average molecular weight is 325 g/mol. The lowest BCUT2D eigenvalue weighted by atomic mass is 9.91. The third kappa shape index (κ3) is 3.12. The van der Waals surface area contributed by atoms with Gasteiger partial charge in [-0.05, 0) is 0 Å². The van der Waals surface area contributed by atoms with Crippen molar-refractivity contribution in [2.75, 3.05) is 19.8 Å². The molecule has 1 unspecified atom stereocenters. The summed E-state index contributed by atoms with van der Waals surface area (Å²) in [4.78, 5) is 1.08. The number of aliphatic hydroxyl groups is 8. The van der Waals surface area contributed by atoms with Gasteiger partial charge in [0, 0.05) is 6.54 Å². The summed E-state index contributed by atoms with van der Waals surface area (Å²) in [5.74, 6) is 0. The summed E-state index contributed by atoms with van der Waals surface area (Å²) in [6, 6.07) is -1.09. The van der Waals surface area contributed by atoms with Gasteiger partial charge in [-0.25, -0.2) is 0 Å². The lowest BCUT2D eigenvalue weighted by molar-refractivity contribution is -0.255. The van der Waals surface area contributed by atoms with Gasteiger partial charge < -0.3 is 45.6 Å². The molecule has 2 aliphatic rings. The van der Waals surface area contributed by atoms with E-state index in [1.165, 1.54) is 0 Å². The number of piperidine rings is 1. The zero-order valence-electron chi connectivity index (χ0n) is 11.8. The Morgan fingerprint density at radius 3 is 2.09 bits per heavy atom. The molecule has 9 atom stereocenters. The molecule has 0 aromatic heterocycles. The highest BCUT2D eigenvalue weighted by Crippen LogP contribution is 2.26. The lowest BCUT2D eigenvalue weighted by Gasteiger charge is -2.48. The Balaban J connectivity index is 2.14. The fraction of sp³-hybridized carbons (Fsp3) is 1.00. The van der Waals surface area contributed by atoms with Crippen LogP contribution in [-0.2, 0) is 4.74 Å². The van der Waals surface area contributed by atoms with Gasteiger partial charge in [0.15, 0.2) is 0 Å². The van der Waals surface area contributed by atoms with Crippen LogP contribution in [0.15, 0.2) is 0 Å². The third-order valence-corrected chi connectivity index (χ3v) is 4.32. The van der Waals surface area contributed by atoms with E-state index in [4.69, 9.17) is 4.74 Å². The molecule has 2 saturated heterocycles. The number of hydrogen-bond acceptors (Lipinski definition) is 10. The fourth-order valence-electron chi connectivity index (χ4n) is 2.91. The Morgan fingerprint density at radius 1 is 0.909 bits per heavy atom. The molecule has 2 fully saturated rings. The van der Waals surface area contributed by atoms with E-state index in [0.29, 0.717) is 0 Å². The predicted octanol–water partition coefficient (Wildman–Crippen LogP) is -5.45. The number of β-amino-alcohol motifs (C(OH)–C–C–N with tert-alkyl or cyclic N) is 1. The maximum Gasteiger partial charge on any atom is 0.137 e. The molecular formula is C12H23NO9. The van der Waals surface area contributed by atoms with Crippen LogP contribution in [0.25, 0.3) is 0 Å². The zero-order chi connectivity index (χ0) is 16.6. The van der Waals surface area contributed by atoms with Gasteiger partial charge in [0.05, 0.1) is 25.4 Å². The number of ether oxygens (including phenoxy) is 1. The van der Waals surface area contributed by atoms with Crippen molar-refractivity contribution in [3.8, 4) is 0 Å². The SMILES string of the molecule is OC[C@@H]1[C@@H](O)[C@H](O)[C@@H](O)CN1C(O)[C@H]1OC[C@H](O)[C@@H](O)[C@@H]1O. The number of nitrogens with zero attached hydrogens (tertiary/aromatic N) is 1. The second kappa shape index (κ2) is 7.01. The van der Waals surface area contributed by atoms with E-state index >= 15 is 0 Å². The van der Waals surface area contributed by atoms with Gasteiger partial charge >= 0.3 is 0 Å². The molecule has 0 spiro atoms. The maximum atomic E-state index is 10.3. The number of aliphatic hydroxyl groups excluding tert-OH is 8. The summed E-state index contributed by atoms with van der Waals surface area (Å²) in [6.07, 6.45) is -11.7. The molecule has 0 bridgehead atoms. The van der Waals surface area contributed by atoms with E-state index in [1.807, 2.05) is 0 Å². The lowest BCUT2D eigenvalue weighted by Crippen LogP contribution is -2.69. The van der Waals surface area contributed by atoms with Crippen molar-refractivity contribution in [2.24, 2.45) is 0 Å². The summed E-state index contributed by atoms with van der Waals surface area (Å²) in [7, 11) is 0. The Morgan fingerprint density at radius 2 is 1.50 bits per heavy atom. The average Bonchev–Trinajstić information content (AvgIpc) is 2.49. The third-order valence-electron chi connectivity index (χ3n) is 4.32. The largest absolute Gasteiger partial charge is 0.395 e. The van der Waals surface area contributed by atoms with Crippen molar-refractivity contribution in [1.29, 1.82) is 0 Å². The topological polar surface area (TPSA) is 174 Å². The van der Waals surface area contributed by atoms with E-state index in [9.17, 15) is 40.9 Å². The molecule has 130 valence electrons. The monoisotopic (exact) mass is 325 g/mol. The van der Waals surface area contributed by atoms with Crippen LogP contribution >= 0.6 is 0 Å². The van der Waals surface area contributed by atoms with Gasteiger partial charge in [-0.15, -0.1) is 0 Å². The van der Waals surface area contributed by atoms with Crippen LogP contribution in [0.4, 0.5) is 0 Å². The van der Waals surface area contributed by atoms with E-state index in [2.05, 4.69) is 0 Å². The van der Waals surface area contributed by atoms with Crippen molar-refractivity contribution in [3.05, 3.63) is 0 Å². The highest BCUT2D eigenvalue weighted by atomic mass is 16.5. The second-order valence-electron chi connectivity index (χ2n) is 5.76. The van der Waals surface area contributed by atoms with Crippen LogP contribution in [0, 0.1) is 0 Å². The first-order valence-electron chi connectivity index (χ1n) is 7.04. The van der Waals surface area contributed by atoms with E-state index in [1.54, 1.807) is 0 Å². The summed E-state index contributed by atoms with van der Waals surface area (Å²) in [5, 5.41) is 77.8. The van der Waals surface area contributed by atoms with Crippen LogP contribution < -0.4 is 0 Å². The van der Waals surface area contributed by atoms with Gasteiger partial charge in [-0.3, -0.25) is 4.90 Å².